The summed E-state index contributed by atoms with van der Waals surface area (Å²) in [6.07, 6.45) is 1.12. The number of hydrogen-bond acceptors (Lipinski definition) is 8. The number of likely N-dealkylation sites (N-methyl/N-ethyl adjacent to an activating group) is 1. The summed E-state index contributed by atoms with van der Waals surface area (Å²) >= 11 is 0. The molecule has 4 aromatic rings. The zero-order chi connectivity index (χ0) is 30.3. The number of carbonyl (C=O) groups excluding carboxylic acids is 2. The molecule has 0 unspecified atom stereocenters. The summed E-state index contributed by atoms with van der Waals surface area (Å²) in [6.45, 7) is 5.43. The highest BCUT2D eigenvalue weighted by atomic mass is 16.5. The lowest BCUT2D eigenvalue weighted by molar-refractivity contribution is -0.116. The summed E-state index contributed by atoms with van der Waals surface area (Å²) < 4.78 is 7.82. The molecule has 0 bridgehead atoms. The van der Waals surface area contributed by atoms with Gasteiger partial charge in [-0.05, 0) is 59.3 Å². The van der Waals surface area contributed by atoms with E-state index in [2.05, 4.69) is 76.1 Å². The number of fused-ring (bicyclic) bond motifs is 1. The van der Waals surface area contributed by atoms with E-state index >= 15 is 0 Å². The number of rotatable bonds is 10. The molecule has 0 spiro atoms. The second-order valence-electron chi connectivity index (χ2n) is 11.1. The van der Waals surface area contributed by atoms with Gasteiger partial charge in [0.05, 0.1) is 18.2 Å². The summed E-state index contributed by atoms with van der Waals surface area (Å²) in [6, 6.07) is 23.5. The Morgan fingerprint density at radius 2 is 1.86 bits per heavy atom. The van der Waals surface area contributed by atoms with E-state index in [4.69, 9.17) is 4.74 Å². The van der Waals surface area contributed by atoms with E-state index in [1.807, 2.05) is 25.1 Å². The van der Waals surface area contributed by atoms with E-state index in [-0.39, 0.29) is 43.0 Å². The Morgan fingerprint density at radius 3 is 2.56 bits per heavy atom. The molecule has 0 radical (unpaired) electrons. The third kappa shape index (κ3) is 7.43. The maximum atomic E-state index is 13.7. The molecule has 2 heterocycles. The summed E-state index contributed by atoms with van der Waals surface area (Å²) in [5.41, 5.74) is 4.33. The lowest BCUT2D eigenvalue weighted by Gasteiger charge is -2.38. The van der Waals surface area contributed by atoms with E-state index in [1.54, 1.807) is 23.1 Å². The van der Waals surface area contributed by atoms with Crippen LogP contribution in [0, 0.1) is 5.92 Å². The van der Waals surface area contributed by atoms with E-state index in [0.717, 1.165) is 6.54 Å². The first-order valence-corrected chi connectivity index (χ1v) is 14.4. The van der Waals surface area contributed by atoms with Gasteiger partial charge < -0.3 is 20.1 Å². The van der Waals surface area contributed by atoms with E-state index in [1.165, 1.54) is 27.7 Å². The number of benzene rings is 3. The smallest absolute Gasteiger partial charge is 0.258 e. The molecule has 5 rings (SSSR count). The number of hydrogen-bond donors (Lipinski definition) is 2. The van der Waals surface area contributed by atoms with Gasteiger partial charge in [-0.25, -0.2) is 4.68 Å². The van der Waals surface area contributed by atoms with Crippen LogP contribution >= 0.6 is 0 Å². The Morgan fingerprint density at radius 1 is 1.12 bits per heavy atom. The molecule has 1 aromatic heterocycles. The van der Waals surface area contributed by atoms with E-state index < -0.39 is 0 Å². The molecule has 0 saturated carbocycles. The molecule has 3 atom stereocenters. The lowest BCUT2D eigenvalue weighted by Crippen LogP contribution is -2.49. The molecule has 43 heavy (non-hydrogen) atoms. The van der Waals surface area contributed by atoms with Crippen molar-refractivity contribution in [1.29, 1.82) is 0 Å². The average molecular weight is 584 g/mol. The lowest BCUT2D eigenvalue weighted by atomic mass is 9.99. The van der Waals surface area contributed by atoms with Gasteiger partial charge >= 0.3 is 0 Å². The first-order chi connectivity index (χ1) is 20.8. The second-order valence-corrected chi connectivity index (χ2v) is 11.1. The maximum Gasteiger partial charge on any atom is 0.258 e. The molecule has 1 aliphatic heterocycles. The second kappa shape index (κ2) is 13.6. The largest absolute Gasteiger partial charge is 0.488 e. The topological polar surface area (TPSA) is 126 Å². The molecule has 11 heteroatoms. The van der Waals surface area contributed by atoms with Crippen molar-refractivity contribution in [3.05, 3.63) is 90.3 Å². The number of aromatic nitrogens is 4. The molecule has 0 fully saturated rings. The Kier molecular flexibility index (Phi) is 9.43. The minimum absolute atomic E-state index is 0.00956. The van der Waals surface area contributed by atoms with Gasteiger partial charge in [-0.1, -0.05) is 61.5 Å². The van der Waals surface area contributed by atoms with Gasteiger partial charge in [-0.3, -0.25) is 14.5 Å². The zero-order valence-electron chi connectivity index (χ0n) is 24.6. The van der Waals surface area contributed by atoms with Crippen molar-refractivity contribution in [3.63, 3.8) is 0 Å². The molecule has 11 nitrogen and oxygen atoms in total. The fourth-order valence-electron chi connectivity index (χ4n) is 5.24. The van der Waals surface area contributed by atoms with Crippen LogP contribution in [0.25, 0.3) is 11.1 Å². The highest BCUT2D eigenvalue weighted by Crippen LogP contribution is 2.31. The fraction of sp³-hybridized carbons (Fsp3) is 0.344. The molecular weight excluding hydrogens is 546 g/mol. The van der Waals surface area contributed by atoms with Crippen molar-refractivity contribution in [2.75, 3.05) is 32.1 Å². The molecule has 3 aromatic carbocycles. The van der Waals surface area contributed by atoms with Crippen molar-refractivity contribution in [1.82, 2.24) is 30.0 Å². The van der Waals surface area contributed by atoms with Gasteiger partial charge in [0, 0.05) is 31.2 Å². The van der Waals surface area contributed by atoms with Gasteiger partial charge in [0.25, 0.3) is 5.91 Å². The molecule has 224 valence electrons. The minimum Gasteiger partial charge on any atom is -0.488 e. The number of nitrogens with zero attached hydrogens (tertiary/aromatic N) is 6. The number of carbonyl (C=O) groups is 2. The van der Waals surface area contributed by atoms with E-state index in [9.17, 15) is 14.7 Å². The predicted molar refractivity (Wildman–Crippen MR) is 162 cm³/mol. The van der Waals surface area contributed by atoms with Crippen molar-refractivity contribution >= 4 is 17.5 Å². The van der Waals surface area contributed by atoms with Crippen LogP contribution < -0.4 is 10.1 Å². The first-order valence-electron chi connectivity index (χ1n) is 14.4. The van der Waals surface area contributed by atoms with Gasteiger partial charge in [0.1, 0.15) is 24.7 Å². The number of nitrogens with one attached hydrogen (secondary N) is 1. The molecule has 2 amide bonds. The van der Waals surface area contributed by atoms with Crippen molar-refractivity contribution in [2.24, 2.45) is 5.92 Å². The van der Waals surface area contributed by atoms with Gasteiger partial charge in [0.2, 0.25) is 5.91 Å². The Labute approximate surface area is 251 Å². The van der Waals surface area contributed by atoms with Gasteiger partial charge in [-0.2, -0.15) is 0 Å². The number of aliphatic hydroxyl groups excluding tert-OH is 1. The molecular formula is C32H37N7O4. The highest BCUT2D eigenvalue weighted by Gasteiger charge is 2.33. The van der Waals surface area contributed by atoms with Crippen LogP contribution in [0.1, 0.15) is 29.8 Å². The number of aliphatic hydroxyl groups is 1. The van der Waals surface area contributed by atoms with Crippen molar-refractivity contribution in [2.45, 2.75) is 39.1 Å². The Hall–Kier alpha value is -4.61. The quantitative estimate of drug-likeness (QED) is 0.291. The molecule has 2 N–H and O–H groups in total. The van der Waals surface area contributed by atoms with Crippen LogP contribution in [0.4, 0.5) is 5.69 Å². The average Bonchev–Trinajstić information content (AvgIpc) is 3.52. The zero-order valence-corrected chi connectivity index (χ0v) is 24.6. The molecule has 1 aliphatic rings. The summed E-state index contributed by atoms with van der Waals surface area (Å²) in [5, 5.41) is 23.5. The van der Waals surface area contributed by atoms with Gasteiger partial charge in [-0.15, -0.1) is 5.10 Å². The van der Waals surface area contributed by atoms with Gasteiger partial charge in [0.15, 0.2) is 0 Å². The molecule has 0 aliphatic carbocycles. The summed E-state index contributed by atoms with van der Waals surface area (Å²) in [7, 11) is 2.06. The third-order valence-corrected chi connectivity index (χ3v) is 7.65. The number of ether oxygens (including phenoxy) is 1. The van der Waals surface area contributed by atoms with Crippen LogP contribution in [0.3, 0.4) is 0 Å². The number of tetrazole rings is 1. The monoisotopic (exact) mass is 583 g/mol. The fourth-order valence-corrected chi connectivity index (χ4v) is 5.24. The summed E-state index contributed by atoms with van der Waals surface area (Å²) in [5.74, 6) is -0.164. The Bertz CT molecular complexity index is 1510. The SMILES string of the molecule is C[C@H]1CN([C@@H](C)CO)C(=O)c2cc(NC(=O)Cn3cnnn3)ccc2O[C@H]1CN(C)Cc1ccc(-c2ccccc2)cc1. The predicted octanol–water partition coefficient (Wildman–Crippen LogP) is 3.33. The van der Waals surface area contributed by atoms with Crippen LogP contribution in [-0.4, -0.2) is 85.8 Å². The number of amides is 2. The summed E-state index contributed by atoms with van der Waals surface area (Å²) in [4.78, 5) is 30.2. The van der Waals surface area contributed by atoms with Crippen LogP contribution in [-0.2, 0) is 17.9 Å². The maximum absolute atomic E-state index is 13.7. The van der Waals surface area contributed by atoms with Crippen molar-refractivity contribution < 1.29 is 19.4 Å². The molecule has 0 saturated heterocycles. The third-order valence-electron chi connectivity index (χ3n) is 7.65. The Balaban J connectivity index is 1.32. The number of anilines is 1. The standard InChI is InChI=1S/C32H37N7O4/c1-22-16-39(23(2)20-40)32(42)28-15-27(34-31(41)19-38-21-33-35-36-38)13-14-29(28)43-30(22)18-37(3)17-24-9-11-26(12-10-24)25-7-5-4-6-8-25/h4-15,21-23,30,40H,16-20H2,1-3H3,(H,34,41)/t22-,23-,30-/m0/s1. The highest BCUT2D eigenvalue weighted by molar-refractivity contribution is 5.99. The van der Waals surface area contributed by atoms with Crippen molar-refractivity contribution in [3.8, 4) is 16.9 Å². The van der Waals surface area contributed by atoms with E-state index in [0.29, 0.717) is 30.1 Å². The van der Waals surface area contributed by atoms with Crippen LogP contribution in [0.15, 0.2) is 79.1 Å². The normalized spacial score (nSPS) is 17.5. The first kappa shape index (κ1) is 29.9. The van der Waals surface area contributed by atoms with Crippen LogP contribution in [0.5, 0.6) is 5.75 Å². The minimum atomic E-state index is -0.388. The van der Waals surface area contributed by atoms with Crippen LogP contribution in [0.2, 0.25) is 0 Å².